The molecule has 1 N–H and O–H groups in total. The molecule has 0 bridgehead atoms. The fraction of sp³-hybridized carbons (Fsp3) is 0.600. The number of benzene rings is 1. The molecule has 2 rings (SSSR count). The number of halogens is 2. The lowest BCUT2D eigenvalue weighted by Crippen LogP contribution is -2.34. The average molecular weight is 314 g/mol. The van der Waals surface area contributed by atoms with E-state index in [0.717, 1.165) is 16.0 Å². The van der Waals surface area contributed by atoms with Crippen LogP contribution in [-0.2, 0) is 0 Å². The molecule has 1 nitrogen and oxygen atoms in total. The van der Waals surface area contributed by atoms with Crippen LogP contribution < -0.4 is 5.32 Å². The summed E-state index contributed by atoms with van der Waals surface area (Å²) < 4.78 is 14.7. The first-order valence-electron chi connectivity index (χ1n) is 6.70. The monoisotopic (exact) mass is 313 g/mol. The van der Waals surface area contributed by atoms with E-state index in [1.54, 1.807) is 0 Å². The van der Waals surface area contributed by atoms with Crippen LogP contribution >= 0.6 is 15.9 Å². The molecule has 0 aromatic heterocycles. The molecule has 4 unspecified atom stereocenters. The highest BCUT2D eigenvalue weighted by Crippen LogP contribution is 2.33. The van der Waals surface area contributed by atoms with E-state index in [0.29, 0.717) is 12.0 Å². The first-order valence-corrected chi connectivity index (χ1v) is 7.49. The fourth-order valence-corrected chi connectivity index (χ4v) is 3.20. The van der Waals surface area contributed by atoms with Crippen molar-refractivity contribution >= 4 is 15.9 Å². The van der Waals surface area contributed by atoms with Gasteiger partial charge in [0, 0.05) is 22.1 Å². The molecule has 1 aliphatic rings. The molecule has 4 atom stereocenters. The number of hydrogen-bond donors (Lipinski definition) is 1. The van der Waals surface area contributed by atoms with Crippen molar-refractivity contribution < 1.29 is 4.39 Å². The SMILES string of the molecule is CC(NC1CCC(C)C1C)c1ccc(Br)cc1F. The lowest BCUT2D eigenvalue weighted by atomic mass is 9.96. The second-order valence-electron chi connectivity index (χ2n) is 5.57. The molecule has 1 aromatic carbocycles. The third-order valence-electron chi connectivity index (χ3n) is 4.36. The number of hydrogen-bond acceptors (Lipinski definition) is 1. The minimum absolute atomic E-state index is 0.0656. The topological polar surface area (TPSA) is 12.0 Å². The van der Waals surface area contributed by atoms with Crippen LogP contribution in [0.1, 0.15) is 45.2 Å². The summed E-state index contributed by atoms with van der Waals surface area (Å²) in [5.41, 5.74) is 0.755. The fourth-order valence-electron chi connectivity index (χ4n) is 2.86. The van der Waals surface area contributed by atoms with E-state index < -0.39 is 0 Å². The molecule has 1 saturated carbocycles. The van der Waals surface area contributed by atoms with Gasteiger partial charge in [-0.15, -0.1) is 0 Å². The van der Waals surface area contributed by atoms with Crippen molar-refractivity contribution in [2.24, 2.45) is 11.8 Å². The van der Waals surface area contributed by atoms with Crippen molar-refractivity contribution in [3.8, 4) is 0 Å². The maximum absolute atomic E-state index is 13.9. The minimum Gasteiger partial charge on any atom is -0.307 e. The molecule has 0 saturated heterocycles. The van der Waals surface area contributed by atoms with Crippen LogP contribution in [0, 0.1) is 17.7 Å². The third kappa shape index (κ3) is 2.94. The van der Waals surface area contributed by atoms with Gasteiger partial charge in [0.15, 0.2) is 0 Å². The summed E-state index contributed by atoms with van der Waals surface area (Å²) >= 11 is 3.29. The van der Waals surface area contributed by atoms with Gasteiger partial charge in [-0.25, -0.2) is 4.39 Å². The minimum atomic E-state index is -0.136. The first-order chi connectivity index (χ1) is 8.49. The molecule has 0 spiro atoms. The highest BCUT2D eigenvalue weighted by atomic mass is 79.9. The smallest absolute Gasteiger partial charge is 0.129 e. The molecule has 1 fully saturated rings. The molecular formula is C15H21BrFN. The Hall–Kier alpha value is -0.410. The summed E-state index contributed by atoms with van der Waals surface area (Å²) in [5, 5.41) is 3.58. The molecule has 100 valence electrons. The van der Waals surface area contributed by atoms with Crippen molar-refractivity contribution in [3.63, 3.8) is 0 Å². The average Bonchev–Trinajstić information content (AvgIpc) is 2.61. The zero-order valence-corrected chi connectivity index (χ0v) is 12.8. The first kappa shape index (κ1) is 14.0. The van der Waals surface area contributed by atoms with Crippen molar-refractivity contribution in [1.29, 1.82) is 0 Å². The predicted molar refractivity (Wildman–Crippen MR) is 77.0 cm³/mol. The summed E-state index contributed by atoms with van der Waals surface area (Å²) in [4.78, 5) is 0. The van der Waals surface area contributed by atoms with Gasteiger partial charge in [-0.1, -0.05) is 35.8 Å². The van der Waals surface area contributed by atoms with Gasteiger partial charge in [-0.2, -0.15) is 0 Å². The van der Waals surface area contributed by atoms with Crippen molar-refractivity contribution in [1.82, 2.24) is 5.32 Å². The van der Waals surface area contributed by atoms with Crippen LogP contribution in [-0.4, -0.2) is 6.04 Å². The zero-order chi connectivity index (χ0) is 13.3. The Labute approximate surface area is 117 Å². The standard InChI is InChI=1S/C15H21BrFN/c1-9-4-7-15(10(9)2)18-11(3)13-6-5-12(16)8-14(13)17/h5-6,8-11,15,18H,4,7H2,1-3H3. The van der Waals surface area contributed by atoms with E-state index in [1.807, 2.05) is 19.1 Å². The second kappa shape index (κ2) is 5.70. The van der Waals surface area contributed by atoms with E-state index >= 15 is 0 Å². The highest BCUT2D eigenvalue weighted by Gasteiger charge is 2.30. The second-order valence-corrected chi connectivity index (χ2v) is 6.49. The predicted octanol–water partition coefficient (Wildman–Crippen LogP) is 4.67. The molecule has 1 aliphatic carbocycles. The van der Waals surface area contributed by atoms with Crippen LogP contribution in [0.15, 0.2) is 22.7 Å². The molecule has 0 amide bonds. The van der Waals surface area contributed by atoms with Crippen molar-refractivity contribution in [3.05, 3.63) is 34.1 Å². The molecule has 1 aromatic rings. The van der Waals surface area contributed by atoms with Gasteiger partial charge < -0.3 is 5.32 Å². The van der Waals surface area contributed by atoms with E-state index in [2.05, 4.69) is 35.1 Å². The number of rotatable bonds is 3. The van der Waals surface area contributed by atoms with Crippen LogP contribution in [0.5, 0.6) is 0 Å². The summed E-state index contributed by atoms with van der Waals surface area (Å²) in [6, 6.07) is 5.87. The van der Waals surface area contributed by atoms with Gasteiger partial charge in [0.25, 0.3) is 0 Å². The van der Waals surface area contributed by atoms with Gasteiger partial charge in [-0.3, -0.25) is 0 Å². The van der Waals surface area contributed by atoms with Gasteiger partial charge in [-0.05, 0) is 43.7 Å². The summed E-state index contributed by atoms with van der Waals surface area (Å²) in [6.45, 7) is 6.64. The Morgan fingerprint density at radius 1 is 1.33 bits per heavy atom. The van der Waals surface area contributed by atoms with Crippen LogP contribution in [0.2, 0.25) is 0 Å². The zero-order valence-electron chi connectivity index (χ0n) is 11.2. The lowest BCUT2D eigenvalue weighted by Gasteiger charge is -2.24. The Balaban J connectivity index is 2.05. The quantitative estimate of drug-likeness (QED) is 0.854. The van der Waals surface area contributed by atoms with Crippen molar-refractivity contribution in [2.75, 3.05) is 0 Å². The number of nitrogens with one attached hydrogen (secondary N) is 1. The van der Waals surface area contributed by atoms with E-state index in [-0.39, 0.29) is 11.9 Å². The molecular weight excluding hydrogens is 293 g/mol. The lowest BCUT2D eigenvalue weighted by molar-refractivity contribution is 0.343. The summed E-state index contributed by atoms with van der Waals surface area (Å²) in [5.74, 6) is 1.30. The molecule has 0 heterocycles. The van der Waals surface area contributed by atoms with Gasteiger partial charge in [0.1, 0.15) is 5.82 Å². The van der Waals surface area contributed by atoms with Gasteiger partial charge in [0.05, 0.1) is 0 Å². The highest BCUT2D eigenvalue weighted by molar-refractivity contribution is 9.10. The molecule has 18 heavy (non-hydrogen) atoms. The van der Waals surface area contributed by atoms with Gasteiger partial charge in [0.2, 0.25) is 0 Å². The van der Waals surface area contributed by atoms with Crippen LogP contribution in [0.25, 0.3) is 0 Å². The maximum atomic E-state index is 13.9. The van der Waals surface area contributed by atoms with Crippen LogP contribution in [0.3, 0.4) is 0 Å². The van der Waals surface area contributed by atoms with Gasteiger partial charge >= 0.3 is 0 Å². The normalized spacial score (nSPS) is 29.5. The Kier molecular flexibility index (Phi) is 4.44. The Morgan fingerprint density at radius 3 is 2.61 bits per heavy atom. The van der Waals surface area contributed by atoms with E-state index in [1.165, 1.54) is 18.9 Å². The molecule has 0 radical (unpaired) electrons. The Bertz CT molecular complexity index is 421. The third-order valence-corrected chi connectivity index (χ3v) is 4.85. The summed E-state index contributed by atoms with van der Waals surface area (Å²) in [6.07, 6.45) is 2.47. The summed E-state index contributed by atoms with van der Waals surface area (Å²) in [7, 11) is 0. The largest absolute Gasteiger partial charge is 0.307 e. The van der Waals surface area contributed by atoms with E-state index in [4.69, 9.17) is 0 Å². The maximum Gasteiger partial charge on any atom is 0.129 e. The van der Waals surface area contributed by atoms with Crippen molar-refractivity contribution in [2.45, 2.75) is 45.7 Å². The van der Waals surface area contributed by atoms with Crippen LogP contribution in [0.4, 0.5) is 4.39 Å². The van der Waals surface area contributed by atoms with E-state index in [9.17, 15) is 4.39 Å². The Morgan fingerprint density at radius 2 is 2.06 bits per heavy atom. The molecule has 0 aliphatic heterocycles. The molecule has 3 heteroatoms.